The molecular formula is C36H45ClN2O7. The summed E-state index contributed by atoms with van der Waals surface area (Å²) < 4.78 is 17.0. The van der Waals surface area contributed by atoms with Crippen LogP contribution in [0.2, 0.25) is 5.02 Å². The molecule has 0 spiro atoms. The van der Waals surface area contributed by atoms with Gasteiger partial charge in [-0.25, -0.2) is 4.79 Å². The Morgan fingerprint density at radius 3 is 2.41 bits per heavy atom. The van der Waals surface area contributed by atoms with Crippen LogP contribution in [0.15, 0.2) is 66.8 Å². The van der Waals surface area contributed by atoms with Gasteiger partial charge in [-0.3, -0.25) is 14.4 Å². The lowest BCUT2D eigenvalue weighted by molar-refractivity contribution is -0.178. The Bertz CT molecular complexity index is 1420. The van der Waals surface area contributed by atoms with Crippen molar-refractivity contribution >= 4 is 41.4 Å². The number of methoxy groups -OCH3 is 1. The molecule has 0 bridgehead atoms. The van der Waals surface area contributed by atoms with Gasteiger partial charge in [0.2, 0.25) is 11.8 Å². The van der Waals surface area contributed by atoms with Crippen molar-refractivity contribution in [2.45, 2.75) is 72.1 Å². The number of carbonyl (C=O) groups is 4. The van der Waals surface area contributed by atoms with Crippen molar-refractivity contribution < 1.29 is 33.4 Å². The Morgan fingerprint density at radius 2 is 1.76 bits per heavy atom. The number of amides is 2. The molecule has 46 heavy (non-hydrogen) atoms. The molecule has 1 heterocycles. The van der Waals surface area contributed by atoms with E-state index in [0.717, 1.165) is 5.56 Å². The minimum atomic E-state index is -1.19. The van der Waals surface area contributed by atoms with E-state index in [2.05, 4.69) is 10.6 Å². The van der Waals surface area contributed by atoms with Crippen molar-refractivity contribution in [1.82, 2.24) is 10.6 Å². The Balaban J connectivity index is 1.93. The maximum absolute atomic E-state index is 13.5. The summed E-state index contributed by atoms with van der Waals surface area (Å²) in [5.41, 5.74) is 0.497. The average molecular weight is 653 g/mol. The van der Waals surface area contributed by atoms with Gasteiger partial charge >= 0.3 is 11.9 Å². The molecule has 0 fully saturated rings. The maximum atomic E-state index is 13.5. The van der Waals surface area contributed by atoms with Crippen LogP contribution in [0.25, 0.3) is 6.08 Å². The zero-order valence-electron chi connectivity index (χ0n) is 27.4. The molecule has 248 valence electrons. The van der Waals surface area contributed by atoms with Gasteiger partial charge in [-0.1, -0.05) is 87.0 Å². The predicted molar refractivity (Wildman–Crippen MR) is 178 cm³/mol. The summed E-state index contributed by atoms with van der Waals surface area (Å²) in [5.74, 6) is -2.03. The predicted octanol–water partition coefficient (Wildman–Crippen LogP) is 5.70. The van der Waals surface area contributed by atoms with Gasteiger partial charge in [-0.05, 0) is 55.5 Å². The maximum Gasteiger partial charge on any atom is 0.347 e. The molecule has 0 aromatic heterocycles. The molecular weight excluding hydrogens is 608 g/mol. The fourth-order valence-corrected chi connectivity index (χ4v) is 5.05. The lowest BCUT2D eigenvalue weighted by Gasteiger charge is -2.29. The van der Waals surface area contributed by atoms with Gasteiger partial charge in [0.05, 0.1) is 17.5 Å². The van der Waals surface area contributed by atoms with Crippen LogP contribution in [0.3, 0.4) is 0 Å². The highest BCUT2D eigenvalue weighted by atomic mass is 35.5. The highest BCUT2D eigenvalue weighted by Crippen LogP contribution is 2.26. The fourth-order valence-electron chi connectivity index (χ4n) is 4.77. The van der Waals surface area contributed by atoms with E-state index in [1.807, 2.05) is 63.3 Å². The molecule has 2 N–H and O–H groups in total. The second kappa shape index (κ2) is 17.0. The monoisotopic (exact) mass is 652 g/mol. The van der Waals surface area contributed by atoms with E-state index >= 15 is 0 Å². The van der Waals surface area contributed by atoms with Gasteiger partial charge in [-0.15, -0.1) is 0 Å². The first-order valence-electron chi connectivity index (χ1n) is 15.5. The zero-order valence-corrected chi connectivity index (χ0v) is 28.1. The van der Waals surface area contributed by atoms with E-state index < -0.39 is 47.4 Å². The van der Waals surface area contributed by atoms with Crippen LogP contribution in [-0.2, 0) is 35.1 Å². The summed E-state index contributed by atoms with van der Waals surface area (Å²) in [5, 5.41) is 5.90. The molecule has 0 radical (unpaired) electrons. The normalized spacial score (nSPS) is 22.8. The molecule has 1 aliphatic rings. The topological polar surface area (TPSA) is 120 Å². The molecule has 0 saturated carbocycles. The number of hydrogen-bond donors (Lipinski definition) is 2. The molecule has 1 aliphatic heterocycles. The van der Waals surface area contributed by atoms with E-state index in [9.17, 15) is 19.2 Å². The van der Waals surface area contributed by atoms with Gasteiger partial charge in [0.1, 0.15) is 17.9 Å². The molecule has 2 aromatic carbocycles. The van der Waals surface area contributed by atoms with Crippen molar-refractivity contribution in [2.75, 3.05) is 13.7 Å². The van der Waals surface area contributed by atoms with Crippen LogP contribution < -0.4 is 15.4 Å². The highest BCUT2D eigenvalue weighted by molar-refractivity contribution is 6.32. The van der Waals surface area contributed by atoms with Crippen molar-refractivity contribution in [3.8, 4) is 5.75 Å². The van der Waals surface area contributed by atoms with Crippen LogP contribution >= 0.6 is 11.6 Å². The van der Waals surface area contributed by atoms with Crippen LogP contribution in [0.5, 0.6) is 5.75 Å². The molecule has 0 aliphatic carbocycles. The first kappa shape index (κ1) is 36.4. The van der Waals surface area contributed by atoms with Gasteiger partial charge in [0.15, 0.2) is 6.10 Å². The second-order valence-corrected chi connectivity index (χ2v) is 13.0. The smallest absolute Gasteiger partial charge is 0.347 e. The van der Waals surface area contributed by atoms with Gasteiger partial charge in [0.25, 0.3) is 0 Å². The van der Waals surface area contributed by atoms with Gasteiger partial charge in [-0.2, -0.15) is 0 Å². The Morgan fingerprint density at radius 1 is 1.04 bits per heavy atom. The third-order valence-corrected chi connectivity index (χ3v) is 7.92. The van der Waals surface area contributed by atoms with Crippen molar-refractivity contribution in [1.29, 1.82) is 0 Å². The molecule has 1 unspecified atom stereocenters. The Labute approximate surface area is 276 Å². The fraction of sp³-hybridized carbons (Fsp3) is 0.444. The average Bonchev–Trinajstić information content (AvgIpc) is 3.01. The van der Waals surface area contributed by atoms with Gasteiger partial charge in [0, 0.05) is 25.3 Å². The van der Waals surface area contributed by atoms with Crippen molar-refractivity contribution in [2.24, 2.45) is 17.3 Å². The third kappa shape index (κ3) is 11.1. The molecule has 4 atom stereocenters. The Hall–Kier alpha value is -4.11. The quantitative estimate of drug-likeness (QED) is 0.351. The van der Waals surface area contributed by atoms with Crippen molar-refractivity contribution in [3.63, 3.8) is 0 Å². The summed E-state index contributed by atoms with van der Waals surface area (Å²) in [7, 11) is 1.51. The number of esters is 2. The number of ether oxygens (including phenoxy) is 3. The molecule has 10 heteroatoms. The number of carbonyl (C=O) groups excluding carboxylic acids is 4. The summed E-state index contributed by atoms with van der Waals surface area (Å²) in [6.45, 7) is 8.90. The standard InChI is InChI=1S/C36H45ClN2O7/c1-23(2)19-31-34(42)45-29(24(3)15-16-25-11-8-7-9-12-25)13-10-14-32(40)39-28(21-26-17-18-30(44-6)27(37)20-26)33(41)38-22-36(4,5)35(43)46-31/h7-12,14-18,20,23-24,28-29,31H,13,19,21-22H2,1-6H3,(H,38,41)(H,39,40)/b14-10+,16-15+/t24?,28-,29+,31+/m1/s1. The molecule has 0 saturated heterocycles. The number of rotatable bonds is 8. The SMILES string of the molecule is COc1ccc(C[C@H]2NC(=O)/C=C/C[C@@H](C(C)/C=C/c3ccccc3)OC(=O)[C@H](CC(C)C)OC(=O)C(C)(C)CNC2=O)cc1Cl. The second-order valence-electron chi connectivity index (χ2n) is 12.6. The van der Waals surface area contributed by atoms with E-state index in [-0.39, 0.29) is 37.6 Å². The minimum absolute atomic E-state index is 0.0309. The van der Waals surface area contributed by atoms with E-state index in [1.54, 1.807) is 38.1 Å². The van der Waals surface area contributed by atoms with E-state index in [4.69, 9.17) is 25.8 Å². The number of halogens is 1. The zero-order chi connectivity index (χ0) is 33.9. The number of hydrogen-bond acceptors (Lipinski definition) is 7. The highest BCUT2D eigenvalue weighted by Gasteiger charge is 2.37. The lowest BCUT2D eigenvalue weighted by Crippen LogP contribution is -2.51. The van der Waals surface area contributed by atoms with Crippen molar-refractivity contribution in [3.05, 3.63) is 82.9 Å². The summed E-state index contributed by atoms with van der Waals surface area (Å²) in [4.78, 5) is 53.3. The first-order valence-corrected chi connectivity index (χ1v) is 15.9. The molecule has 2 amide bonds. The molecule has 3 rings (SSSR count). The lowest BCUT2D eigenvalue weighted by atomic mass is 9.93. The van der Waals surface area contributed by atoms with Gasteiger partial charge < -0.3 is 24.8 Å². The number of cyclic esters (lactones) is 2. The molecule has 9 nitrogen and oxygen atoms in total. The third-order valence-electron chi connectivity index (χ3n) is 7.63. The van der Waals surface area contributed by atoms with E-state index in [0.29, 0.717) is 16.3 Å². The first-order chi connectivity index (χ1) is 21.8. The number of benzene rings is 2. The van der Waals surface area contributed by atoms with Crippen LogP contribution in [0.1, 0.15) is 58.6 Å². The largest absolute Gasteiger partial charge is 0.495 e. The number of nitrogens with one attached hydrogen (secondary N) is 2. The van der Waals surface area contributed by atoms with E-state index in [1.165, 1.54) is 13.2 Å². The minimum Gasteiger partial charge on any atom is -0.495 e. The Kier molecular flexibility index (Phi) is 13.4. The summed E-state index contributed by atoms with van der Waals surface area (Å²) >= 11 is 6.31. The molecule has 2 aromatic rings. The van der Waals surface area contributed by atoms with Crippen LogP contribution in [0, 0.1) is 17.3 Å². The summed E-state index contributed by atoms with van der Waals surface area (Å²) in [6.07, 6.45) is 5.63. The van der Waals surface area contributed by atoms with Crippen LogP contribution in [0.4, 0.5) is 0 Å². The van der Waals surface area contributed by atoms with Crippen LogP contribution in [-0.4, -0.2) is 55.7 Å². The summed E-state index contributed by atoms with van der Waals surface area (Å²) in [6, 6.07) is 13.9.